The van der Waals surface area contributed by atoms with Crippen molar-refractivity contribution in [1.82, 2.24) is 15.0 Å². The van der Waals surface area contributed by atoms with Gasteiger partial charge in [0.2, 0.25) is 0 Å². The maximum atomic E-state index is 8.47. The van der Waals surface area contributed by atoms with Crippen LogP contribution in [0.4, 0.5) is 0 Å². The lowest BCUT2D eigenvalue weighted by Crippen LogP contribution is -2.05. The molecular formula is C7H11N3O3. The van der Waals surface area contributed by atoms with E-state index in [9.17, 15) is 0 Å². The summed E-state index contributed by atoms with van der Waals surface area (Å²) in [6.07, 6.45) is 0. The molecule has 1 rings (SSSR count). The molecular weight excluding hydrogens is 174 g/mol. The molecule has 0 unspecified atom stereocenters. The zero-order valence-electron chi connectivity index (χ0n) is 7.52. The first-order valence-corrected chi connectivity index (χ1v) is 3.85. The van der Waals surface area contributed by atoms with E-state index < -0.39 is 6.79 Å². The van der Waals surface area contributed by atoms with Crippen LogP contribution in [0.1, 0.15) is 12.7 Å². The maximum absolute atomic E-state index is 8.47. The Morgan fingerprint density at radius 3 is 2.31 bits per heavy atom. The monoisotopic (exact) mass is 185 g/mol. The average Bonchev–Trinajstić information content (AvgIpc) is 2.04. The lowest BCUT2D eigenvalue weighted by molar-refractivity contribution is 0.0876. The normalized spacial score (nSPS) is 9.77. The zero-order valence-corrected chi connectivity index (χ0v) is 7.52. The molecule has 6 heteroatoms. The van der Waals surface area contributed by atoms with Crippen LogP contribution < -0.4 is 9.47 Å². The third-order valence-electron chi connectivity index (χ3n) is 1.17. The number of hydrogen-bond donors (Lipinski definition) is 1. The van der Waals surface area contributed by atoms with Crippen LogP contribution in [0.2, 0.25) is 0 Å². The third kappa shape index (κ3) is 2.83. The predicted molar refractivity (Wildman–Crippen MR) is 43.4 cm³/mol. The Labute approximate surface area is 75.6 Å². The van der Waals surface area contributed by atoms with Crippen LogP contribution in [-0.2, 0) is 0 Å². The molecule has 1 N–H and O–H groups in total. The molecule has 0 bridgehead atoms. The van der Waals surface area contributed by atoms with E-state index in [2.05, 4.69) is 19.7 Å². The summed E-state index contributed by atoms with van der Waals surface area (Å²) in [5, 5.41) is 8.47. The van der Waals surface area contributed by atoms with Crippen molar-refractivity contribution >= 4 is 0 Å². The van der Waals surface area contributed by atoms with Crippen molar-refractivity contribution in [3.8, 4) is 12.0 Å². The number of aliphatic hydroxyl groups excluding tert-OH is 1. The molecule has 6 nitrogen and oxygen atoms in total. The van der Waals surface area contributed by atoms with Gasteiger partial charge in [-0.15, -0.1) is 4.98 Å². The van der Waals surface area contributed by atoms with Crippen molar-refractivity contribution in [2.45, 2.75) is 13.8 Å². The Bertz CT molecular complexity index is 255. The lowest BCUT2D eigenvalue weighted by atomic mass is 10.7. The van der Waals surface area contributed by atoms with Crippen molar-refractivity contribution in [2.24, 2.45) is 0 Å². The van der Waals surface area contributed by atoms with Crippen molar-refractivity contribution < 1.29 is 14.6 Å². The van der Waals surface area contributed by atoms with Crippen molar-refractivity contribution in [3.05, 3.63) is 5.82 Å². The number of aliphatic hydroxyl groups is 1. The van der Waals surface area contributed by atoms with Crippen LogP contribution in [0.3, 0.4) is 0 Å². The molecule has 0 fully saturated rings. The Morgan fingerprint density at radius 1 is 1.15 bits per heavy atom. The standard InChI is InChI=1S/C7H11N3O3/c1-3-12-6-8-5(2)9-7(10-6)13-4-11/h11H,3-4H2,1-2H3. The summed E-state index contributed by atoms with van der Waals surface area (Å²) in [7, 11) is 0. The summed E-state index contributed by atoms with van der Waals surface area (Å²) in [6.45, 7) is 3.52. The highest BCUT2D eigenvalue weighted by Gasteiger charge is 2.04. The predicted octanol–water partition coefficient (Wildman–Crippen LogP) is -0.0927. The van der Waals surface area contributed by atoms with Gasteiger partial charge >= 0.3 is 12.0 Å². The molecule has 0 atom stereocenters. The number of rotatable bonds is 4. The SMILES string of the molecule is CCOc1nc(C)nc(OCO)n1. The van der Waals surface area contributed by atoms with E-state index in [1.807, 2.05) is 6.92 Å². The molecule has 1 aromatic rings. The number of aromatic nitrogens is 3. The molecule has 72 valence electrons. The number of hydrogen-bond acceptors (Lipinski definition) is 6. The van der Waals surface area contributed by atoms with Gasteiger partial charge in [-0.2, -0.15) is 9.97 Å². The number of nitrogens with zero attached hydrogens (tertiary/aromatic N) is 3. The van der Waals surface area contributed by atoms with E-state index in [1.54, 1.807) is 6.92 Å². The molecule has 1 heterocycles. The second-order valence-corrected chi connectivity index (χ2v) is 2.15. The Kier molecular flexibility index (Phi) is 3.39. The minimum Gasteiger partial charge on any atom is -0.464 e. The Hall–Kier alpha value is -1.43. The van der Waals surface area contributed by atoms with Crippen LogP contribution in [0.5, 0.6) is 12.0 Å². The van der Waals surface area contributed by atoms with Gasteiger partial charge in [0.15, 0.2) is 6.79 Å². The Balaban J connectivity index is 2.83. The van der Waals surface area contributed by atoms with Crippen molar-refractivity contribution in [3.63, 3.8) is 0 Å². The summed E-state index contributed by atoms with van der Waals surface area (Å²) in [5.41, 5.74) is 0. The second kappa shape index (κ2) is 4.56. The van der Waals surface area contributed by atoms with E-state index in [0.29, 0.717) is 12.4 Å². The topological polar surface area (TPSA) is 77.4 Å². The highest BCUT2D eigenvalue weighted by atomic mass is 16.6. The second-order valence-electron chi connectivity index (χ2n) is 2.15. The molecule has 0 aromatic carbocycles. The highest BCUT2D eigenvalue weighted by Crippen LogP contribution is 2.08. The molecule has 0 radical (unpaired) electrons. The van der Waals surface area contributed by atoms with Gasteiger partial charge in [0.05, 0.1) is 6.61 Å². The van der Waals surface area contributed by atoms with Gasteiger partial charge in [-0.05, 0) is 13.8 Å². The zero-order chi connectivity index (χ0) is 9.68. The molecule has 1 aromatic heterocycles. The molecule has 0 saturated heterocycles. The maximum Gasteiger partial charge on any atom is 0.324 e. The highest BCUT2D eigenvalue weighted by molar-refractivity contribution is 5.03. The van der Waals surface area contributed by atoms with E-state index in [0.717, 1.165) is 0 Å². The third-order valence-corrected chi connectivity index (χ3v) is 1.17. The first-order chi connectivity index (χ1) is 6.26. The van der Waals surface area contributed by atoms with Crippen molar-refractivity contribution in [1.29, 1.82) is 0 Å². The fourth-order valence-electron chi connectivity index (χ4n) is 0.750. The largest absolute Gasteiger partial charge is 0.464 e. The minimum absolute atomic E-state index is 0.0680. The van der Waals surface area contributed by atoms with E-state index in [4.69, 9.17) is 9.84 Å². The van der Waals surface area contributed by atoms with Gasteiger partial charge in [-0.1, -0.05) is 0 Å². The van der Waals surface area contributed by atoms with Gasteiger partial charge in [0.1, 0.15) is 5.82 Å². The first kappa shape index (κ1) is 9.66. The summed E-state index contributed by atoms with van der Waals surface area (Å²) >= 11 is 0. The van der Waals surface area contributed by atoms with Gasteiger partial charge < -0.3 is 14.6 Å². The molecule has 0 amide bonds. The number of aryl methyl sites for hydroxylation is 1. The average molecular weight is 185 g/mol. The van der Waals surface area contributed by atoms with E-state index in [-0.39, 0.29) is 12.0 Å². The quantitative estimate of drug-likeness (QED) is 0.660. The molecule has 0 aliphatic rings. The fraction of sp³-hybridized carbons (Fsp3) is 0.571. The van der Waals surface area contributed by atoms with Crippen LogP contribution in [0.25, 0.3) is 0 Å². The van der Waals surface area contributed by atoms with Crippen LogP contribution in [-0.4, -0.2) is 33.5 Å². The van der Waals surface area contributed by atoms with Crippen molar-refractivity contribution in [2.75, 3.05) is 13.4 Å². The van der Waals surface area contributed by atoms with Gasteiger partial charge in [0.25, 0.3) is 0 Å². The van der Waals surface area contributed by atoms with Gasteiger partial charge in [0, 0.05) is 0 Å². The van der Waals surface area contributed by atoms with Gasteiger partial charge in [-0.3, -0.25) is 0 Å². The minimum atomic E-state index is -0.463. The number of ether oxygens (including phenoxy) is 2. The molecule has 0 spiro atoms. The van der Waals surface area contributed by atoms with Crippen LogP contribution in [0, 0.1) is 6.92 Å². The smallest absolute Gasteiger partial charge is 0.324 e. The Morgan fingerprint density at radius 2 is 1.77 bits per heavy atom. The molecule has 13 heavy (non-hydrogen) atoms. The summed E-state index contributed by atoms with van der Waals surface area (Å²) in [5.74, 6) is 0.488. The van der Waals surface area contributed by atoms with Gasteiger partial charge in [-0.25, -0.2) is 0 Å². The van der Waals surface area contributed by atoms with Crippen LogP contribution in [0.15, 0.2) is 0 Å². The fourth-order valence-corrected chi connectivity index (χ4v) is 0.750. The van der Waals surface area contributed by atoms with E-state index >= 15 is 0 Å². The van der Waals surface area contributed by atoms with E-state index in [1.165, 1.54) is 0 Å². The molecule has 0 saturated carbocycles. The molecule has 0 aliphatic carbocycles. The molecule has 0 aliphatic heterocycles. The summed E-state index contributed by atoms with van der Waals surface area (Å²) in [6, 6.07) is 0.275. The van der Waals surface area contributed by atoms with Crippen LogP contribution >= 0.6 is 0 Å². The summed E-state index contributed by atoms with van der Waals surface area (Å²) < 4.78 is 9.74. The summed E-state index contributed by atoms with van der Waals surface area (Å²) in [4.78, 5) is 11.5. The first-order valence-electron chi connectivity index (χ1n) is 3.85. The lowest BCUT2D eigenvalue weighted by Gasteiger charge is -2.03.